The van der Waals surface area contributed by atoms with Gasteiger partial charge in [0.15, 0.2) is 0 Å². The highest BCUT2D eigenvalue weighted by Gasteiger charge is 2.29. The van der Waals surface area contributed by atoms with E-state index < -0.39 is 5.97 Å². The summed E-state index contributed by atoms with van der Waals surface area (Å²) in [7, 11) is 1.64. The molecule has 0 bridgehead atoms. The zero-order valence-electron chi connectivity index (χ0n) is 8.94. The highest BCUT2D eigenvalue weighted by molar-refractivity contribution is 5.77. The molecule has 5 heteroatoms. The summed E-state index contributed by atoms with van der Waals surface area (Å²) in [6, 6.07) is 0. The van der Waals surface area contributed by atoms with Gasteiger partial charge < -0.3 is 14.7 Å². The minimum atomic E-state index is -0.800. The number of carbonyl (C=O) groups is 2. The molecule has 15 heavy (non-hydrogen) atoms. The molecule has 86 valence electrons. The summed E-state index contributed by atoms with van der Waals surface area (Å²) in [5.74, 6) is -0.695. The number of carboxylic acids is 1. The fraction of sp³-hybridized carbons (Fsp3) is 0.800. The fourth-order valence-corrected chi connectivity index (χ4v) is 1.50. The maximum Gasteiger partial charge on any atom is 0.303 e. The predicted molar refractivity (Wildman–Crippen MR) is 53.5 cm³/mol. The molecule has 0 aliphatic carbocycles. The van der Waals surface area contributed by atoms with E-state index in [-0.39, 0.29) is 18.4 Å². The molecule has 1 amide bonds. The van der Waals surface area contributed by atoms with Crippen LogP contribution >= 0.6 is 0 Å². The van der Waals surface area contributed by atoms with E-state index in [9.17, 15) is 9.59 Å². The molecule has 0 spiro atoms. The quantitative estimate of drug-likeness (QED) is 0.655. The number of amides is 1. The van der Waals surface area contributed by atoms with E-state index in [1.807, 2.05) is 0 Å². The van der Waals surface area contributed by atoms with Crippen LogP contribution in [0.4, 0.5) is 0 Å². The molecule has 0 unspecified atom stereocenters. The largest absolute Gasteiger partial charge is 0.481 e. The average molecular weight is 215 g/mol. The van der Waals surface area contributed by atoms with Gasteiger partial charge in [-0.25, -0.2) is 0 Å². The maximum absolute atomic E-state index is 11.5. The van der Waals surface area contributed by atoms with Crippen molar-refractivity contribution >= 4 is 11.9 Å². The molecule has 0 aromatic carbocycles. The van der Waals surface area contributed by atoms with Crippen LogP contribution in [0.15, 0.2) is 0 Å². The molecule has 0 radical (unpaired) electrons. The fourth-order valence-electron chi connectivity index (χ4n) is 1.50. The van der Waals surface area contributed by atoms with Crippen molar-refractivity contribution in [1.82, 2.24) is 4.90 Å². The van der Waals surface area contributed by atoms with E-state index >= 15 is 0 Å². The number of ether oxygens (including phenoxy) is 1. The Morgan fingerprint density at radius 1 is 1.33 bits per heavy atom. The molecule has 0 saturated carbocycles. The van der Waals surface area contributed by atoms with E-state index in [1.165, 1.54) is 0 Å². The first kappa shape index (κ1) is 12.0. The molecular weight excluding hydrogens is 198 g/mol. The van der Waals surface area contributed by atoms with Crippen molar-refractivity contribution in [2.45, 2.75) is 31.8 Å². The van der Waals surface area contributed by atoms with Gasteiger partial charge in [-0.2, -0.15) is 0 Å². The van der Waals surface area contributed by atoms with Crippen LogP contribution in [0.3, 0.4) is 0 Å². The minimum absolute atomic E-state index is 0.105. The van der Waals surface area contributed by atoms with E-state index in [4.69, 9.17) is 9.84 Å². The van der Waals surface area contributed by atoms with Crippen LogP contribution in [-0.2, 0) is 14.3 Å². The number of rotatable bonds is 6. The molecule has 0 aromatic rings. The lowest BCUT2D eigenvalue weighted by Crippen LogP contribution is -2.54. The number of aliphatic carboxylic acids is 1. The summed E-state index contributed by atoms with van der Waals surface area (Å²) in [6.45, 7) is 1.35. The van der Waals surface area contributed by atoms with Crippen molar-refractivity contribution < 1.29 is 19.4 Å². The van der Waals surface area contributed by atoms with Crippen LogP contribution in [0.2, 0.25) is 0 Å². The van der Waals surface area contributed by atoms with Crippen molar-refractivity contribution in [3.05, 3.63) is 0 Å². The Balaban J connectivity index is 2.02. The standard InChI is InChI=1S/C10H17NO4/c1-15-8-6-11(7-8)9(12)4-2-3-5-10(13)14/h8H,2-7H2,1H3,(H,13,14). The van der Waals surface area contributed by atoms with E-state index in [2.05, 4.69) is 0 Å². The number of nitrogens with zero attached hydrogens (tertiary/aromatic N) is 1. The smallest absolute Gasteiger partial charge is 0.303 e. The van der Waals surface area contributed by atoms with Gasteiger partial charge in [0.2, 0.25) is 5.91 Å². The molecule has 1 saturated heterocycles. The number of methoxy groups -OCH3 is 1. The summed E-state index contributed by atoms with van der Waals surface area (Å²) < 4.78 is 5.05. The molecule has 1 fully saturated rings. The predicted octanol–water partition coefficient (Wildman–Crippen LogP) is 0.489. The van der Waals surface area contributed by atoms with Crippen LogP contribution in [0.5, 0.6) is 0 Å². The molecule has 5 nitrogen and oxygen atoms in total. The molecule has 1 N–H and O–H groups in total. The van der Waals surface area contributed by atoms with E-state index in [0.29, 0.717) is 32.4 Å². The van der Waals surface area contributed by atoms with Crippen LogP contribution in [-0.4, -0.2) is 48.2 Å². The molecule has 1 heterocycles. The Bertz CT molecular complexity index is 236. The summed E-state index contributed by atoms with van der Waals surface area (Å²) in [5, 5.41) is 8.40. The second kappa shape index (κ2) is 5.70. The van der Waals surface area contributed by atoms with Crippen molar-refractivity contribution in [1.29, 1.82) is 0 Å². The number of hydrogen-bond acceptors (Lipinski definition) is 3. The first-order chi connectivity index (χ1) is 7.13. The van der Waals surface area contributed by atoms with Gasteiger partial charge in [0.25, 0.3) is 0 Å². The summed E-state index contributed by atoms with van der Waals surface area (Å²) in [6.07, 6.45) is 2.01. The Hall–Kier alpha value is -1.10. The summed E-state index contributed by atoms with van der Waals surface area (Å²) in [4.78, 5) is 23.4. The third-order valence-electron chi connectivity index (χ3n) is 2.57. The van der Waals surface area contributed by atoms with Crippen LogP contribution in [0.1, 0.15) is 25.7 Å². The zero-order chi connectivity index (χ0) is 11.3. The van der Waals surface area contributed by atoms with Gasteiger partial charge in [0.1, 0.15) is 0 Å². The van der Waals surface area contributed by atoms with Gasteiger partial charge in [-0.3, -0.25) is 9.59 Å². The number of unbranched alkanes of at least 4 members (excludes halogenated alkanes) is 1. The van der Waals surface area contributed by atoms with Gasteiger partial charge in [-0.15, -0.1) is 0 Å². The maximum atomic E-state index is 11.5. The Morgan fingerprint density at radius 3 is 2.47 bits per heavy atom. The zero-order valence-corrected chi connectivity index (χ0v) is 8.94. The normalized spacial score (nSPS) is 16.2. The van der Waals surface area contributed by atoms with Crippen molar-refractivity contribution in [2.75, 3.05) is 20.2 Å². The summed E-state index contributed by atoms with van der Waals surface area (Å²) >= 11 is 0. The minimum Gasteiger partial charge on any atom is -0.481 e. The number of likely N-dealkylation sites (tertiary alicyclic amines) is 1. The topological polar surface area (TPSA) is 66.8 Å². The van der Waals surface area contributed by atoms with Gasteiger partial charge in [-0.05, 0) is 12.8 Å². The highest BCUT2D eigenvalue weighted by atomic mass is 16.5. The second-order valence-electron chi connectivity index (χ2n) is 3.76. The van der Waals surface area contributed by atoms with E-state index in [0.717, 1.165) is 0 Å². The number of carboxylic acid groups (broad SMARTS) is 1. The highest BCUT2D eigenvalue weighted by Crippen LogP contribution is 2.13. The van der Waals surface area contributed by atoms with Crippen LogP contribution < -0.4 is 0 Å². The first-order valence-corrected chi connectivity index (χ1v) is 5.16. The Kier molecular flexibility index (Phi) is 4.55. The lowest BCUT2D eigenvalue weighted by atomic mass is 10.1. The SMILES string of the molecule is COC1CN(C(=O)CCCCC(=O)O)C1. The molecule has 1 rings (SSSR count). The molecule has 1 aliphatic heterocycles. The van der Waals surface area contributed by atoms with Gasteiger partial charge in [-0.1, -0.05) is 0 Å². The van der Waals surface area contributed by atoms with Gasteiger partial charge >= 0.3 is 5.97 Å². The van der Waals surface area contributed by atoms with Crippen molar-refractivity contribution in [3.8, 4) is 0 Å². The molecule has 0 aromatic heterocycles. The van der Waals surface area contributed by atoms with Crippen molar-refractivity contribution in [3.63, 3.8) is 0 Å². The monoisotopic (exact) mass is 215 g/mol. The van der Waals surface area contributed by atoms with Crippen molar-refractivity contribution in [2.24, 2.45) is 0 Å². The molecule has 1 aliphatic rings. The van der Waals surface area contributed by atoms with Crippen LogP contribution in [0.25, 0.3) is 0 Å². The third-order valence-corrected chi connectivity index (χ3v) is 2.57. The Labute approximate surface area is 89.0 Å². The Morgan fingerprint density at radius 2 is 1.93 bits per heavy atom. The lowest BCUT2D eigenvalue weighted by molar-refractivity contribution is -0.143. The lowest BCUT2D eigenvalue weighted by Gasteiger charge is -2.38. The molecule has 0 atom stereocenters. The van der Waals surface area contributed by atoms with Gasteiger partial charge in [0.05, 0.1) is 6.10 Å². The number of carbonyl (C=O) groups excluding carboxylic acids is 1. The average Bonchev–Trinajstić information content (AvgIpc) is 2.10. The second-order valence-corrected chi connectivity index (χ2v) is 3.76. The first-order valence-electron chi connectivity index (χ1n) is 5.16. The van der Waals surface area contributed by atoms with E-state index in [1.54, 1.807) is 12.0 Å². The van der Waals surface area contributed by atoms with Gasteiger partial charge in [0, 0.05) is 33.0 Å². The number of hydrogen-bond donors (Lipinski definition) is 1. The van der Waals surface area contributed by atoms with Crippen LogP contribution in [0, 0.1) is 0 Å². The summed E-state index contributed by atoms with van der Waals surface area (Å²) in [5.41, 5.74) is 0. The molecular formula is C10H17NO4. The third kappa shape index (κ3) is 3.87.